The van der Waals surface area contributed by atoms with E-state index in [9.17, 15) is 9.59 Å². The third-order valence-electron chi connectivity index (χ3n) is 4.86. The number of benzene rings is 1. The number of thioether (sulfide) groups is 1. The highest BCUT2D eigenvalue weighted by Crippen LogP contribution is 2.32. The average Bonchev–Trinajstić information content (AvgIpc) is 3.34. The van der Waals surface area contributed by atoms with Gasteiger partial charge in [0, 0.05) is 19.6 Å². The maximum absolute atomic E-state index is 12.9. The fraction of sp³-hybridized carbons (Fsp3) is 0.400. The molecule has 1 amide bonds. The summed E-state index contributed by atoms with van der Waals surface area (Å²) in [4.78, 5) is 30.0. The molecule has 9 nitrogen and oxygen atoms in total. The SMILES string of the molecule is CCn1c(SCC(=O)NCc2ccc3c(c2)OCO3)nc2c(C)nn(CC)c2c1=O. The smallest absolute Gasteiger partial charge is 0.280 e. The average molecular weight is 430 g/mol. The zero-order valence-electron chi connectivity index (χ0n) is 17.1. The zero-order chi connectivity index (χ0) is 21.3. The van der Waals surface area contributed by atoms with Crippen LogP contribution in [0.2, 0.25) is 0 Å². The maximum Gasteiger partial charge on any atom is 0.280 e. The Labute approximate surface area is 177 Å². The lowest BCUT2D eigenvalue weighted by atomic mass is 10.2. The first-order valence-corrected chi connectivity index (χ1v) is 10.8. The third kappa shape index (κ3) is 3.74. The van der Waals surface area contributed by atoms with E-state index in [1.165, 1.54) is 11.8 Å². The van der Waals surface area contributed by atoms with Crippen molar-refractivity contribution in [2.45, 2.75) is 45.6 Å². The molecule has 0 saturated heterocycles. The Morgan fingerprint density at radius 1 is 1.23 bits per heavy atom. The van der Waals surface area contributed by atoms with Crippen molar-refractivity contribution in [2.24, 2.45) is 0 Å². The number of carbonyl (C=O) groups is 1. The molecule has 0 spiro atoms. The molecule has 2 aromatic heterocycles. The minimum Gasteiger partial charge on any atom is -0.454 e. The van der Waals surface area contributed by atoms with Gasteiger partial charge in [-0.2, -0.15) is 5.10 Å². The first-order chi connectivity index (χ1) is 14.5. The van der Waals surface area contributed by atoms with Gasteiger partial charge in [-0.25, -0.2) is 4.98 Å². The summed E-state index contributed by atoms with van der Waals surface area (Å²) in [5.41, 5.74) is 2.60. The largest absolute Gasteiger partial charge is 0.454 e. The molecule has 1 aliphatic rings. The third-order valence-corrected chi connectivity index (χ3v) is 5.83. The Morgan fingerprint density at radius 2 is 2.03 bits per heavy atom. The second-order valence-electron chi connectivity index (χ2n) is 6.80. The predicted octanol–water partition coefficient (Wildman–Crippen LogP) is 2.08. The van der Waals surface area contributed by atoms with Crippen LogP contribution >= 0.6 is 11.8 Å². The lowest BCUT2D eigenvalue weighted by Gasteiger charge is -2.11. The van der Waals surface area contributed by atoms with Gasteiger partial charge in [-0.3, -0.25) is 18.8 Å². The molecule has 0 aliphatic carbocycles. The fourth-order valence-electron chi connectivity index (χ4n) is 3.34. The van der Waals surface area contributed by atoms with Crippen molar-refractivity contribution in [3.05, 3.63) is 39.8 Å². The number of carbonyl (C=O) groups excluding carboxylic acids is 1. The summed E-state index contributed by atoms with van der Waals surface area (Å²) in [7, 11) is 0. The minimum atomic E-state index is -0.143. The number of nitrogens with zero attached hydrogens (tertiary/aromatic N) is 4. The maximum atomic E-state index is 12.9. The first kappa shape index (κ1) is 20.3. The number of ether oxygens (including phenoxy) is 2. The van der Waals surface area contributed by atoms with E-state index in [0.717, 1.165) is 5.56 Å². The van der Waals surface area contributed by atoms with Crippen molar-refractivity contribution in [2.75, 3.05) is 12.5 Å². The van der Waals surface area contributed by atoms with Crippen LogP contribution in [0.5, 0.6) is 11.5 Å². The normalized spacial score (nSPS) is 12.5. The standard InChI is InChI=1S/C20H23N5O4S/c1-4-24-19(27)18-17(12(3)23-25(18)5-2)22-20(24)30-10-16(26)21-9-13-6-7-14-15(8-13)29-11-28-14/h6-8H,4-5,9-11H2,1-3H3,(H,21,26). The van der Waals surface area contributed by atoms with E-state index in [1.54, 1.807) is 9.25 Å². The number of aryl methyl sites for hydroxylation is 2. The van der Waals surface area contributed by atoms with Crippen LogP contribution in [0, 0.1) is 6.92 Å². The van der Waals surface area contributed by atoms with E-state index in [4.69, 9.17) is 9.47 Å². The van der Waals surface area contributed by atoms with Crippen LogP contribution in [-0.2, 0) is 24.4 Å². The fourth-order valence-corrected chi connectivity index (χ4v) is 4.22. The molecule has 1 aromatic carbocycles. The number of hydrogen-bond acceptors (Lipinski definition) is 7. The highest BCUT2D eigenvalue weighted by Gasteiger charge is 2.18. The summed E-state index contributed by atoms with van der Waals surface area (Å²) in [6.07, 6.45) is 0. The molecule has 0 saturated carbocycles. The van der Waals surface area contributed by atoms with E-state index in [2.05, 4.69) is 15.4 Å². The number of aromatic nitrogens is 4. The number of nitrogens with one attached hydrogen (secondary N) is 1. The van der Waals surface area contributed by atoms with Crippen LogP contribution < -0.4 is 20.3 Å². The Bertz CT molecular complexity index is 1170. The van der Waals surface area contributed by atoms with Crippen LogP contribution in [0.1, 0.15) is 25.1 Å². The van der Waals surface area contributed by atoms with Gasteiger partial charge < -0.3 is 14.8 Å². The Morgan fingerprint density at radius 3 is 2.80 bits per heavy atom. The highest BCUT2D eigenvalue weighted by molar-refractivity contribution is 7.99. The first-order valence-electron chi connectivity index (χ1n) is 9.77. The van der Waals surface area contributed by atoms with Crippen molar-refractivity contribution >= 4 is 28.7 Å². The van der Waals surface area contributed by atoms with Crippen molar-refractivity contribution in [3.8, 4) is 11.5 Å². The molecular weight excluding hydrogens is 406 g/mol. The molecule has 30 heavy (non-hydrogen) atoms. The second-order valence-corrected chi connectivity index (χ2v) is 7.74. The van der Waals surface area contributed by atoms with Crippen LogP contribution in [0.15, 0.2) is 28.2 Å². The quantitative estimate of drug-likeness (QED) is 0.453. The molecule has 0 fully saturated rings. The molecule has 10 heteroatoms. The van der Waals surface area contributed by atoms with Crippen LogP contribution in [-0.4, -0.2) is 37.8 Å². The molecule has 158 valence electrons. The lowest BCUT2D eigenvalue weighted by molar-refractivity contribution is -0.118. The molecule has 3 aromatic rings. The van der Waals surface area contributed by atoms with Gasteiger partial charge in [0.25, 0.3) is 5.56 Å². The van der Waals surface area contributed by atoms with Gasteiger partial charge in [0.15, 0.2) is 22.2 Å². The second kappa shape index (κ2) is 8.39. The molecule has 0 unspecified atom stereocenters. The van der Waals surface area contributed by atoms with Crippen molar-refractivity contribution < 1.29 is 14.3 Å². The topological polar surface area (TPSA) is 100 Å². The molecule has 3 heterocycles. The number of amides is 1. The van der Waals surface area contributed by atoms with E-state index in [1.807, 2.05) is 39.0 Å². The van der Waals surface area contributed by atoms with Crippen LogP contribution in [0.4, 0.5) is 0 Å². The van der Waals surface area contributed by atoms with Crippen molar-refractivity contribution in [1.82, 2.24) is 24.6 Å². The van der Waals surface area contributed by atoms with E-state index in [-0.39, 0.29) is 24.0 Å². The highest BCUT2D eigenvalue weighted by atomic mass is 32.2. The molecule has 0 radical (unpaired) electrons. The van der Waals surface area contributed by atoms with Crippen molar-refractivity contribution in [1.29, 1.82) is 0 Å². The van der Waals surface area contributed by atoms with E-state index >= 15 is 0 Å². The zero-order valence-corrected chi connectivity index (χ0v) is 17.9. The number of rotatable bonds is 7. The van der Waals surface area contributed by atoms with E-state index < -0.39 is 0 Å². The van der Waals surface area contributed by atoms with Crippen LogP contribution in [0.25, 0.3) is 11.0 Å². The molecule has 4 rings (SSSR count). The Hall–Kier alpha value is -3.01. The van der Waals surface area contributed by atoms with Gasteiger partial charge in [-0.1, -0.05) is 17.8 Å². The minimum absolute atomic E-state index is 0.131. The van der Waals surface area contributed by atoms with Gasteiger partial charge in [-0.15, -0.1) is 0 Å². The van der Waals surface area contributed by atoms with Crippen molar-refractivity contribution in [3.63, 3.8) is 0 Å². The Balaban J connectivity index is 1.45. The summed E-state index contributed by atoms with van der Waals surface area (Å²) >= 11 is 1.25. The number of fused-ring (bicyclic) bond motifs is 2. The lowest BCUT2D eigenvalue weighted by Crippen LogP contribution is -2.27. The predicted molar refractivity (Wildman–Crippen MR) is 113 cm³/mol. The monoisotopic (exact) mass is 429 g/mol. The van der Waals surface area contributed by atoms with Gasteiger partial charge in [0.1, 0.15) is 5.52 Å². The Kier molecular flexibility index (Phi) is 5.67. The molecule has 0 atom stereocenters. The number of hydrogen-bond donors (Lipinski definition) is 1. The van der Waals surface area contributed by atoms with Crippen LogP contribution in [0.3, 0.4) is 0 Å². The molecule has 1 N–H and O–H groups in total. The summed E-state index contributed by atoms with van der Waals surface area (Å²) < 4.78 is 13.9. The summed E-state index contributed by atoms with van der Waals surface area (Å²) in [5, 5.41) is 7.81. The summed E-state index contributed by atoms with van der Waals surface area (Å²) in [5.74, 6) is 1.41. The summed E-state index contributed by atoms with van der Waals surface area (Å²) in [6, 6.07) is 5.57. The van der Waals surface area contributed by atoms with Gasteiger partial charge in [0.05, 0.1) is 11.4 Å². The molecule has 1 aliphatic heterocycles. The van der Waals surface area contributed by atoms with Gasteiger partial charge >= 0.3 is 0 Å². The van der Waals surface area contributed by atoms with E-state index in [0.29, 0.717) is 53.0 Å². The molecular formula is C20H23N5O4S. The van der Waals surface area contributed by atoms with Gasteiger partial charge in [0.2, 0.25) is 12.7 Å². The molecule has 0 bridgehead atoms. The van der Waals surface area contributed by atoms with Gasteiger partial charge in [-0.05, 0) is 38.5 Å². The summed E-state index contributed by atoms with van der Waals surface area (Å²) in [6.45, 7) is 7.33.